The Hall–Kier alpha value is -1.20. The molecule has 0 saturated heterocycles. The Balaban J connectivity index is 2.05. The van der Waals surface area contributed by atoms with Crippen LogP contribution < -0.4 is 10.5 Å². The minimum atomic E-state index is 0.358. The van der Waals surface area contributed by atoms with E-state index in [1.54, 1.807) is 17.6 Å². The number of nitrogens with zero attached hydrogens (tertiary/aromatic N) is 1. The number of anilines is 1. The maximum absolute atomic E-state index is 6.08. The lowest BCUT2D eigenvalue weighted by atomic mass is 10.2. The normalized spacial score (nSPS) is 10.9. The number of ether oxygens (including phenoxy) is 1. The van der Waals surface area contributed by atoms with Crippen LogP contribution in [0.25, 0.3) is 10.2 Å². The minimum absolute atomic E-state index is 0.358. The van der Waals surface area contributed by atoms with Crippen LogP contribution in [0, 0.1) is 0 Å². The molecule has 3 rings (SSSR count). The Labute approximate surface area is 133 Å². The van der Waals surface area contributed by atoms with Crippen LogP contribution in [0.15, 0.2) is 29.8 Å². The summed E-state index contributed by atoms with van der Waals surface area (Å²) in [5.74, 6) is 0.867. The number of nitrogens with two attached hydrogens (primary N) is 1. The van der Waals surface area contributed by atoms with Gasteiger partial charge in [-0.1, -0.05) is 34.8 Å². The van der Waals surface area contributed by atoms with Gasteiger partial charge in [0.2, 0.25) is 0 Å². The van der Waals surface area contributed by atoms with E-state index in [9.17, 15) is 0 Å². The molecule has 3 aromatic rings. The molecule has 0 amide bonds. The van der Waals surface area contributed by atoms with E-state index in [1.165, 1.54) is 17.4 Å². The first-order chi connectivity index (χ1) is 9.56. The van der Waals surface area contributed by atoms with Crippen molar-refractivity contribution in [3.05, 3.63) is 44.8 Å². The highest BCUT2D eigenvalue weighted by atomic mass is 35.5. The maximum Gasteiger partial charge on any atom is 0.152 e. The summed E-state index contributed by atoms with van der Waals surface area (Å²) < 4.78 is 6.71. The van der Waals surface area contributed by atoms with Gasteiger partial charge in [0.25, 0.3) is 0 Å². The highest BCUT2D eigenvalue weighted by Crippen LogP contribution is 2.39. The molecule has 0 aliphatic rings. The van der Waals surface area contributed by atoms with Crippen molar-refractivity contribution in [1.82, 2.24) is 4.98 Å². The lowest BCUT2D eigenvalue weighted by Gasteiger charge is -2.11. The molecular weight excluding hydrogens is 339 g/mol. The average Bonchev–Trinajstić information content (AvgIpc) is 2.88. The van der Waals surface area contributed by atoms with E-state index < -0.39 is 0 Å². The molecule has 0 fully saturated rings. The maximum atomic E-state index is 6.08. The number of thiazole rings is 1. The summed E-state index contributed by atoms with van der Waals surface area (Å²) in [6.45, 7) is 0. The van der Waals surface area contributed by atoms with E-state index in [0.29, 0.717) is 37.8 Å². The van der Waals surface area contributed by atoms with E-state index in [1.807, 2.05) is 6.07 Å². The SMILES string of the molecule is Nc1c(Oc2cc(Cl)c(Cl)cc2Cl)ccc2scnc12. The molecule has 20 heavy (non-hydrogen) atoms. The zero-order chi connectivity index (χ0) is 14.3. The van der Waals surface area contributed by atoms with Gasteiger partial charge in [-0.15, -0.1) is 11.3 Å². The van der Waals surface area contributed by atoms with Gasteiger partial charge in [-0.3, -0.25) is 0 Å². The van der Waals surface area contributed by atoms with Crippen molar-refractivity contribution in [2.24, 2.45) is 0 Å². The molecule has 0 aliphatic carbocycles. The van der Waals surface area contributed by atoms with Crippen LogP contribution in [-0.4, -0.2) is 4.98 Å². The number of nitrogen functional groups attached to an aromatic ring is 1. The van der Waals surface area contributed by atoms with Gasteiger partial charge >= 0.3 is 0 Å². The molecule has 2 N–H and O–H groups in total. The number of aromatic nitrogens is 1. The molecule has 1 aromatic heterocycles. The fourth-order valence-electron chi connectivity index (χ4n) is 1.72. The van der Waals surface area contributed by atoms with Crippen LogP contribution in [0.4, 0.5) is 5.69 Å². The van der Waals surface area contributed by atoms with Crippen molar-refractivity contribution in [1.29, 1.82) is 0 Å². The molecule has 0 atom stereocenters. The molecule has 0 bridgehead atoms. The fourth-order valence-corrected chi connectivity index (χ4v) is 2.99. The molecule has 7 heteroatoms. The van der Waals surface area contributed by atoms with Crippen molar-refractivity contribution in [3.8, 4) is 11.5 Å². The summed E-state index contributed by atoms with van der Waals surface area (Å²) in [5.41, 5.74) is 8.95. The second kappa shape index (κ2) is 5.30. The Bertz CT molecular complexity index is 804. The molecule has 2 aromatic carbocycles. The standard InChI is InChI=1S/C13H7Cl3N2OS/c14-6-3-8(16)10(4-7(6)15)19-9-1-2-11-13(12(9)17)18-5-20-11/h1-5H,17H2. The smallest absolute Gasteiger partial charge is 0.152 e. The van der Waals surface area contributed by atoms with Crippen molar-refractivity contribution in [2.45, 2.75) is 0 Å². The topological polar surface area (TPSA) is 48.1 Å². The van der Waals surface area contributed by atoms with E-state index >= 15 is 0 Å². The summed E-state index contributed by atoms with van der Waals surface area (Å²) >= 11 is 19.4. The zero-order valence-electron chi connectivity index (χ0n) is 9.86. The van der Waals surface area contributed by atoms with Gasteiger partial charge in [-0.25, -0.2) is 4.98 Å². The summed E-state index contributed by atoms with van der Waals surface area (Å²) in [6.07, 6.45) is 0. The predicted molar refractivity (Wildman–Crippen MR) is 85.6 cm³/mol. The number of rotatable bonds is 2. The Morgan fingerprint density at radius 2 is 1.75 bits per heavy atom. The number of halogens is 3. The van der Waals surface area contributed by atoms with Gasteiger partial charge < -0.3 is 10.5 Å². The first-order valence-electron chi connectivity index (χ1n) is 5.50. The predicted octanol–water partition coefficient (Wildman–Crippen LogP) is 5.63. The summed E-state index contributed by atoms with van der Waals surface area (Å²) in [5, 5.41) is 1.09. The Morgan fingerprint density at radius 1 is 1.00 bits per heavy atom. The Kier molecular flexibility index (Phi) is 3.65. The van der Waals surface area contributed by atoms with Crippen LogP contribution in [0.3, 0.4) is 0 Å². The molecule has 1 heterocycles. The van der Waals surface area contributed by atoms with Crippen molar-refractivity contribution in [3.63, 3.8) is 0 Å². The number of benzene rings is 2. The van der Waals surface area contributed by atoms with Gasteiger partial charge in [0.15, 0.2) is 5.75 Å². The molecule has 0 unspecified atom stereocenters. The third-order valence-electron chi connectivity index (χ3n) is 2.70. The molecule has 0 spiro atoms. The van der Waals surface area contributed by atoms with Gasteiger partial charge in [-0.05, 0) is 18.2 Å². The third kappa shape index (κ3) is 2.40. The van der Waals surface area contributed by atoms with E-state index in [2.05, 4.69) is 4.98 Å². The molecule has 3 nitrogen and oxygen atoms in total. The molecule has 102 valence electrons. The number of hydrogen-bond acceptors (Lipinski definition) is 4. The molecule has 0 saturated carbocycles. The highest BCUT2D eigenvalue weighted by molar-refractivity contribution is 7.16. The summed E-state index contributed by atoms with van der Waals surface area (Å²) in [7, 11) is 0. The molecule has 0 radical (unpaired) electrons. The second-order valence-electron chi connectivity index (χ2n) is 3.98. The lowest BCUT2D eigenvalue weighted by Crippen LogP contribution is -1.94. The lowest BCUT2D eigenvalue weighted by molar-refractivity contribution is 0.486. The molecular formula is C13H7Cl3N2OS. The summed E-state index contributed by atoms with van der Waals surface area (Å²) in [4.78, 5) is 4.21. The zero-order valence-corrected chi connectivity index (χ0v) is 12.9. The minimum Gasteiger partial charge on any atom is -0.453 e. The number of fused-ring (bicyclic) bond motifs is 1. The largest absolute Gasteiger partial charge is 0.453 e. The first-order valence-corrected chi connectivity index (χ1v) is 7.51. The Morgan fingerprint density at radius 3 is 2.55 bits per heavy atom. The van der Waals surface area contributed by atoms with E-state index in [-0.39, 0.29) is 0 Å². The van der Waals surface area contributed by atoms with E-state index in [4.69, 9.17) is 45.3 Å². The second-order valence-corrected chi connectivity index (χ2v) is 6.08. The van der Waals surface area contributed by atoms with Crippen molar-refractivity contribution < 1.29 is 4.74 Å². The highest BCUT2D eigenvalue weighted by Gasteiger charge is 2.12. The van der Waals surface area contributed by atoms with Crippen molar-refractivity contribution in [2.75, 3.05) is 5.73 Å². The first kappa shape index (κ1) is 13.8. The van der Waals surface area contributed by atoms with Gasteiger partial charge in [0.05, 0.1) is 25.3 Å². The van der Waals surface area contributed by atoms with Crippen LogP contribution in [0.2, 0.25) is 15.1 Å². The average molecular weight is 346 g/mol. The van der Waals surface area contributed by atoms with E-state index in [0.717, 1.165) is 4.70 Å². The van der Waals surface area contributed by atoms with Gasteiger partial charge in [-0.2, -0.15) is 0 Å². The van der Waals surface area contributed by atoms with Crippen molar-refractivity contribution >= 4 is 62.0 Å². The number of hydrogen-bond donors (Lipinski definition) is 1. The van der Waals surface area contributed by atoms with Crippen LogP contribution in [0.5, 0.6) is 11.5 Å². The monoisotopic (exact) mass is 344 g/mol. The van der Waals surface area contributed by atoms with Crippen LogP contribution in [-0.2, 0) is 0 Å². The van der Waals surface area contributed by atoms with Crippen LogP contribution in [0.1, 0.15) is 0 Å². The third-order valence-corrected chi connectivity index (χ3v) is 4.51. The van der Waals surface area contributed by atoms with Gasteiger partial charge in [0.1, 0.15) is 17.0 Å². The van der Waals surface area contributed by atoms with Crippen LogP contribution >= 0.6 is 46.1 Å². The quantitative estimate of drug-likeness (QED) is 0.483. The fraction of sp³-hybridized carbons (Fsp3) is 0. The summed E-state index contributed by atoms with van der Waals surface area (Å²) in [6, 6.07) is 6.74. The van der Waals surface area contributed by atoms with Gasteiger partial charge in [0, 0.05) is 6.07 Å². The molecule has 0 aliphatic heterocycles.